The minimum absolute atomic E-state index is 0.137. The summed E-state index contributed by atoms with van der Waals surface area (Å²) in [4.78, 5) is 0. The van der Waals surface area contributed by atoms with E-state index in [9.17, 15) is 10.4 Å². The molecule has 1 aromatic heterocycles. The van der Waals surface area contributed by atoms with Crippen molar-refractivity contribution < 1.29 is 9.84 Å². The number of rotatable bonds is 3. The quantitative estimate of drug-likeness (QED) is 0.894. The lowest BCUT2D eigenvalue weighted by Gasteiger charge is -2.32. The van der Waals surface area contributed by atoms with Crippen LogP contribution in [0.25, 0.3) is 0 Å². The molecule has 1 N–H and O–H groups in total. The van der Waals surface area contributed by atoms with Crippen molar-refractivity contribution in [3.05, 3.63) is 17.5 Å². The molecule has 0 amide bonds. The van der Waals surface area contributed by atoms with Crippen LogP contribution < -0.4 is 0 Å². The Bertz CT molecular complexity index is 533. The lowest BCUT2D eigenvalue weighted by molar-refractivity contribution is 0.00299. The molecule has 5 heteroatoms. The summed E-state index contributed by atoms with van der Waals surface area (Å²) in [6.07, 6.45) is 4.29. The lowest BCUT2D eigenvalue weighted by atomic mass is 9.69. The van der Waals surface area contributed by atoms with E-state index in [2.05, 4.69) is 11.2 Å². The number of nitrogens with zero attached hydrogens (tertiary/aromatic N) is 3. The second kappa shape index (κ2) is 4.32. The van der Waals surface area contributed by atoms with E-state index < -0.39 is 11.5 Å². The van der Waals surface area contributed by atoms with Crippen LogP contribution in [0.2, 0.25) is 0 Å². The Balaban J connectivity index is 1.98. The monoisotopic (exact) mass is 261 g/mol. The van der Waals surface area contributed by atoms with Gasteiger partial charge in [-0.1, -0.05) is 6.92 Å². The summed E-state index contributed by atoms with van der Waals surface area (Å²) < 4.78 is 7.50. The molecular formula is C14H19N3O2. The van der Waals surface area contributed by atoms with Gasteiger partial charge in [0.1, 0.15) is 11.5 Å². The van der Waals surface area contributed by atoms with Crippen LogP contribution in [-0.4, -0.2) is 27.1 Å². The number of ether oxygens (including phenoxy) is 1. The highest BCUT2D eigenvalue weighted by atomic mass is 16.5. The Morgan fingerprint density at radius 1 is 1.68 bits per heavy atom. The third-order valence-corrected chi connectivity index (χ3v) is 4.51. The predicted octanol–water partition coefficient (Wildman–Crippen LogP) is 1.48. The average Bonchev–Trinajstić information content (AvgIpc) is 3.10. The molecular weight excluding hydrogens is 242 g/mol. The summed E-state index contributed by atoms with van der Waals surface area (Å²) >= 11 is 0. The molecule has 4 atom stereocenters. The summed E-state index contributed by atoms with van der Waals surface area (Å²) in [5.41, 5.74) is 0.852. The first-order valence-electron chi connectivity index (χ1n) is 6.88. The summed E-state index contributed by atoms with van der Waals surface area (Å²) in [5, 5.41) is 24.7. The maximum atomic E-state index is 10.8. The number of hydrogen-bond acceptors (Lipinski definition) is 4. The molecule has 2 fully saturated rings. The minimum atomic E-state index is -0.809. The number of nitriles is 1. The van der Waals surface area contributed by atoms with E-state index in [1.165, 1.54) is 0 Å². The van der Waals surface area contributed by atoms with Crippen LogP contribution in [0.3, 0.4) is 0 Å². The summed E-state index contributed by atoms with van der Waals surface area (Å²) in [5.74, 6) is 0. The van der Waals surface area contributed by atoms with Gasteiger partial charge in [-0.05, 0) is 25.7 Å². The number of aliphatic hydroxyl groups is 1. The molecule has 2 bridgehead atoms. The van der Waals surface area contributed by atoms with Gasteiger partial charge < -0.3 is 9.84 Å². The predicted molar refractivity (Wildman–Crippen MR) is 68.1 cm³/mol. The molecule has 0 aliphatic carbocycles. The van der Waals surface area contributed by atoms with Gasteiger partial charge in [-0.25, -0.2) is 0 Å². The van der Waals surface area contributed by atoms with E-state index in [0.717, 1.165) is 30.5 Å². The molecule has 102 valence electrons. The fourth-order valence-corrected chi connectivity index (χ4v) is 3.54. The van der Waals surface area contributed by atoms with Crippen LogP contribution in [-0.2, 0) is 18.2 Å². The number of fused-ring (bicyclic) bond motifs is 2. The first-order valence-corrected chi connectivity index (χ1v) is 6.88. The summed E-state index contributed by atoms with van der Waals surface area (Å²) in [6, 6.07) is 2.36. The molecule has 3 heterocycles. The number of aromatic nitrogens is 2. The fraction of sp³-hybridized carbons (Fsp3) is 0.714. The van der Waals surface area contributed by atoms with Gasteiger partial charge in [-0.2, -0.15) is 10.4 Å². The van der Waals surface area contributed by atoms with E-state index in [0.29, 0.717) is 6.42 Å². The lowest BCUT2D eigenvalue weighted by Crippen LogP contribution is -2.37. The van der Waals surface area contributed by atoms with Gasteiger partial charge in [-0.3, -0.25) is 4.68 Å². The van der Waals surface area contributed by atoms with Crippen molar-refractivity contribution in [3.8, 4) is 6.07 Å². The third-order valence-electron chi connectivity index (χ3n) is 4.51. The van der Waals surface area contributed by atoms with Gasteiger partial charge in [0, 0.05) is 18.8 Å². The topological polar surface area (TPSA) is 71.1 Å². The van der Waals surface area contributed by atoms with E-state index in [1.54, 1.807) is 4.68 Å². The highest BCUT2D eigenvalue weighted by molar-refractivity contribution is 5.28. The molecule has 0 saturated carbocycles. The smallest absolute Gasteiger partial charge is 0.116 e. The Morgan fingerprint density at radius 3 is 3.00 bits per heavy atom. The van der Waals surface area contributed by atoms with Crippen molar-refractivity contribution in [1.29, 1.82) is 5.26 Å². The summed E-state index contributed by atoms with van der Waals surface area (Å²) in [7, 11) is 1.84. The Labute approximate surface area is 112 Å². The van der Waals surface area contributed by atoms with Crippen LogP contribution in [0.5, 0.6) is 0 Å². The highest BCUT2D eigenvalue weighted by Crippen LogP contribution is 2.54. The van der Waals surface area contributed by atoms with Gasteiger partial charge in [0.15, 0.2) is 0 Å². The van der Waals surface area contributed by atoms with Crippen LogP contribution in [0.15, 0.2) is 6.20 Å². The van der Waals surface area contributed by atoms with Crippen molar-refractivity contribution in [2.45, 2.75) is 50.9 Å². The zero-order valence-corrected chi connectivity index (χ0v) is 11.3. The minimum Gasteiger partial charge on any atom is -0.387 e. The molecule has 2 aliphatic rings. The molecule has 0 spiro atoms. The zero-order chi connectivity index (χ0) is 13.6. The zero-order valence-electron chi connectivity index (χ0n) is 11.3. The largest absolute Gasteiger partial charge is 0.387 e. The van der Waals surface area contributed by atoms with Gasteiger partial charge in [0.2, 0.25) is 0 Å². The van der Waals surface area contributed by atoms with E-state index in [1.807, 2.05) is 20.2 Å². The Kier molecular flexibility index (Phi) is 2.88. The standard InChI is InChI=1S/C14H19N3O2/c1-3-11-10(7-17(2)16-11)13(18)14(8-15)6-9-4-5-12(14)19-9/h7,9,12-13,18H,3-6H2,1-2H3. The molecule has 1 aromatic rings. The molecule has 0 radical (unpaired) electrons. The maximum absolute atomic E-state index is 10.8. The second-order valence-corrected chi connectivity index (χ2v) is 5.64. The molecule has 19 heavy (non-hydrogen) atoms. The van der Waals surface area contributed by atoms with Gasteiger partial charge in [0.05, 0.1) is 24.0 Å². The van der Waals surface area contributed by atoms with Crippen molar-refractivity contribution in [3.63, 3.8) is 0 Å². The van der Waals surface area contributed by atoms with E-state index in [4.69, 9.17) is 4.74 Å². The maximum Gasteiger partial charge on any atom is 0.116 e. The van der Waals surface area contributed by atoms with Crippen molar-refractivity contribution in [1.82, 2.24) is 9.78 Å². The van der Waals surface area contributed by atoms with Gasteiger partial charge >= 0.3 is 0 Å². The first-order chi connectivity index (χ1) is 9.10. The Hall–Kier alpha value is -1.38. The number of aliphatic hydroxyl groups excluding tert-OH is 1. The van der Waals surface area contributed by atoms with Crippen LogP contribution >= 0.6 is 0 Å². The van der Waals surface area contributed by atoms with Gasteiger partial charge in [-0.15, -0.1) is 0 Å². The molecule has 2 aliphatic heterocycles. The van der Waals surface area contributed by atoms with Crippen LogP contribution in [0.4, 0.5) is 0 Å². The van der Waals surface area contributed by atoms with Crippen LogP contribution in [0, 0.1) is 16.7 Å². The highest BCUT2D eigenvalue weighted by Gasteiger charge is 2.57. The molecule has 0 aromatic carbocycles. The second-order valence-electron chi connectivity index (χ2n) is 5.64. The molecule has 2 saturated heterocycles. The summed E-state index contributed by atoms with van der Waals surface area (Å²) in [6.45, 7) is 2.01. The first kappa shape index (κ1) is 12.6. The van der Waals surface area contributed by atoms with Gasteiger partial charge in [0.25, 0.3) is 0 Å². The molecule has 3 rings (SSSR count). The molecule has 4 unspecified atom stereocenters. The van der Waals surface area contributed by atoms with E-state index >= 15 is 0 Å². The fourth-order valence-electron chi connectivity index (χ4n) is 3.54. The average molecular weight is 261 g/mol. The number of hydrogen-bond donors (Lipinski definition) is 1. The number of aryl methyl sites for hydroxylation is 2. The Morgan fingerprint density at radius 2 is 2.47 bits per heavy atom. The SMILES string of the molecule is CCc1nn(C)cc1C(O)C1(C#N)CC2CCC1O2. The van der Waals surface area contributed by atoms with Crippen molar-refractivity contribution >= 4 is 0 Å². The third kappa shape index (κ3) is 1.71. The molecule has 5 nitrogen and oxygen atoms in total. The normalized spacial score (nSPS) is 34.4. The van der Waals surface area contributed by atoms with Crippen LogP contribution in [0.1, 0.15) is 43.5 Å². The van der Waals surface area contributed by atoms with Crippen molar-refractivity contribution in [2.24, 2.45) is 12.5 Å². The van der Waals surface area contributed by atoms with E-state index in [-0.39, 0.29) is 12.2 Å². The van der Waals surface area contributed by atoms with Crippen molar-refractivity contribution in [2.75, 3.05) is 0 Å².